The van der Waals surface area contributed by atoms with E-state index >= 15 is 0 Å². The molecule has 33 heavy (non-hydrogen) atoms. The van der Waals surface area contributed by atoms with Crippen molar-refractivity contribution in [1.29, 1.82) is 0 Å². The van der Waals surface area contributed by atoms with E-state index in [1.54, 1.807) is 45.9 Å². The van der Waals surface area contributed by atoms with Gasteiger partial charge in [0.15, 0.2) is 0 Å². The maximum absolute atomic E-state index is 12.7. The highest BCUT2D eigenvalue weighted by Crippen LogP contribution is 2.27. The molecule has 3 amide bonds. The van der Waals surface area contributed by atoms with Gasteiger partial charge in [0, 0.05) is 48.2 Å². The highest BCUT2D eigenvalue weighted by atomic mass is 32.2. The number of benzene rings is 2. The topological polar surface area (TPSA) is 96.3 Å². The molecule has 0 aliphatic carbocycles. The summed E-state index contributed by atoms with van der Waals surface area (Å²) in [6.45, 7) is 0.807. The molecular formula is C24H25N5O3S. The minimum absolute atomic E-state index is 0.0473. The van der Waals surface area contributed by atoms with E-state index in [2.05, 4.69) is 15.7 Å². The van der Waals surface area contributed by atoms with Gasteiger partial charge in [0.1, 0.15) is 6.54 Å². The van der Waals surface area contributed by atoms with Crippen molar-refractivity contribution in [3.05, 3.63) is 72.6 Å². The van der Waals surface area contributed by atoms with Crippen molar-refractivity contribution in [2.75, 3.05) is 23.0 Å². The van der Waals surface area contributed by atoms with Crippen LogP contribution in [0.4, 0.5) is 11.4 Å². The zero-order valence-electron chi connectivity index (χ0n) is 18.2. The molecule has 4 rings (SSSR count). The number of amides is 3. The quantitative estimate of drug-likeness (QED) is 0.501. The third-order valence-electron chi connectivity index (χ3n) is 5.42. The highest BCUT2D eigenvalue weighted by Gasteiger charge is 2.34. The number of thioether (sulfide) groups is 1. The van der Waals surface area contributed by atoms with Gasteiger partial charge in [-0.05, 0) is 54.3 Å². The van der Waals surface area contributed by atoms with Crippen LogP contribution in [0.2, 0.25) is 0 Å². The molecule has 3 aromatic rings. The Hall–Kier alpha value is -3.59. The summed E-state index contributed by atoms with van der Waals surface area (Å²) in [5, 5.41) is 9.78. The predicted molar refractivity (Wildman–Crippen MR) is 128 cm³/mol. The number of nitrogens with zero attached hydrogens (tertiary/aromatic N) is 3. The Bertz CT molecular complexity index is 1130. The fraction of sp³-hybridized carbons (Fsp3) is 0.250. The number of carbonyl (C=O) groups is 3. The largest absolute Gasteiger partial charge is 0.352 e. The van der Waals surface area contributed by atoms with Crippen LogP contribution in [0, 0.1) is 5.92 Å². The average molecular weight is 464 g/mol. The summed E-state index contributed by atoms with van der Waals surface area (Å²) in [5.74, 6) is -0.779. The third-order valence-corrected chi connectivity index (χ3v) is 6.17. The molecule has 1 aliphatic heterocycles. The van der Waals surface area contributed by atoms with Crippen molar-refractivity contribution in [3.63, 3.8) is 0 Å². The van der Waals surface area contributed by atoms with Gasteiger partial charge in [-0.2, -0.15) is 5.10 Å². The molecule has 0 saturated carbocycles. The monoisotopic (exact) mass is 463 g/mol. The first-order chi connectivity index (χ1) is 16.0. The molecule has 1 unspecified atom stereocenters. The van der Waals surface area contributed by atoms with Crippen LogP contribution in [-0.4, -0.2) is 40.3 Å². The maximum atomic E-state index is 12.7. The number of hydrogen-bond donors (Lipinski definition) is 2. The summed E-state index contributed by atoms with van der Waals surface area (Å²) < 4.78 is 1.54. The van der Waals surface area contributed by atoms with E-state index in [9.17, 15) is 14.4 Å². The second-order valence-electron chi connectivity index (χ2n) is 7.77. The van der Waals surface area contributed by atoms with Crippen LogP contribution in [0.25, 0.3) is 0 Å². The van der Waals surface area contributed by atoms with Crippen molar-refractivity contribution in [3.8, 4) is 0 Å². The Labute approximate surface area is 196 Å². The van der Waals surface area contributed by atoms with Gasteiger partial charge in [0.05, 0.1) is 5.92 Å². The summed E-state index contributed by atoms with van der Waals surface area (Å²) in [6, 6.07) is 16.8. The van der Waals surface area contributed by atoms with E-state index < -0.39 is 5.92 Å². The average Bonchev–Trinajstić information content (AvgIpc) is 3.47. The number of hydrogen-bond acceptors (Lipinski definition) is 5. The molecule has 0 radical (unpaired) electrons. The standard InChI is InChI=1S/C24H25N5O3S/c1-33-21-8-6-20(7-9-21)29-15-18(13-23(29)31)24(32)25-14-17-4-2-5-19(12-17)27-22(30)16-28-11-3-10-26-28/h2-12,18H,13-16H2,1H3,(H,25,32)(H,27,30). The second kappa shape index (κ2) is 10.4. The van der Waals surface area contributed by atoms with Gasteiger partial charge in [-0.1, -0.05) is 12.1 Å². The van der Waals surface area contributed by atoms with Crippen molar-refractivity contribution in [1.82, 2.24) is 15.1 Å². The van der Waals surface area contributed by atoms with Crippen LogP contribution in [-0.2, 0) is 27.5 Å². The predicted octanol–water partition coefficient (Wildman–Crippen LogP) is 2.91. The molecule has 1 aliphatic rings. The molecule has 1 saturated heterocycles. The smallest absolute Gasteiger partial charge is 0.246 e. The summed E-state index contributed by atoms with van der Waals surface area (Å²) in [7, 11) is 0. The first kappa shape index (κ1) is 22.6. The molecule has 1 fully saturated rings. The lowest BCUT2D eigenvalue weighted by molar-refractivity contribution is -0.126. The molecule has 1 atom stereocenters. The van der Waals surface area contributed by atoms with E-state index in [4.69, 9.17) is 0 Å². The maximum Gasteiger partial charge on any atom is 0.246 e. The number of rotatable bonds is 8. The molecule has 2 N–H and O–H groups in total. The SMILES string of the molecule is CSc1ccc(N2CC(C(=O)NCc3cccc(NC(=O)Cn4cccn4)c3)CC2=O)cc1. The van der Waals surface area contributed by atoms with Crippen molar-refractivity contribution in [2.45, 2.75) is 24.4 Å². The van der Waals surface area contributed by atoms with Crippen LogP contribution in [0.15, 0.2) is 71.9 Å². The van der Waals surface area contributed by atoms with Crippen LogP contribution in [0.3, 0.4) is 0 Å². The molecule has 0 bridgehead atoms. The first-order valence-corrected chi connectivity index (χ1v) is 11.8. The highest BCUT2D eigenvalue weighted by molar-refractivity contribution is 7.98. The van der Waals surface area contributed by atoms with E-state index in [1.807, 2.05) is 48.7 Å². The lowest BCUT2D eigenvalue weighted by Gasteiger charge is -2.17. The fourth-order valence-electron chi connectivity index (χ4n) is 3.73. The van der Waals surface area contributed by atoms with Gasteiger partial charge in [-0.15, -0.1) is 11.8 Å². The number of nitrogens with one attached hydrogen (secondary N) is 2. The molecule has 0 spiro atoms. The van der Waals surface area contributed by atoms with E-state index in [1.165, 1.54) is 0 Å². The first-order valence-electron chi connectivity index (χ1n) is 10.6. The Balaban J connectivity index is 1.30. The molecule has 9 heteroatoms. The van der Waals surface area contributed by atoms with Gasteiger partial charge < -0.3 is 15.5 Å². The Morgan fingerprint density at radius 2 is 1.97 bits per heavy atom. The Morgan fingerprint density at radius 1 is 1.15 bits per heavy atom. The molecule has 170 valence electrons. The van der Waals surface area contributed by atoms with E-state index in [0.29, 0.717) is 18.8 Å². The number of aromatic nitrogens is 2. The lowest BCUT2D eigenvalue weighted by atomic mass is 10.1. The summed E-state index contributed by atoms with van der Waals surface area (Å²) in [4.78, 5) is 40.1. The fourth-order valence-corrected chi connectivity index (χ4v) is 4.14. The third kappa shape index (κ3) is 5.81. The summed E-state index contributed by atoms with van der Waals surface area (Å²) >= 11 is 1.64. The minimum atomic E-state index is -0.394. The van der Waals surface area contributed by atoms with Gasteiger partial charge >= 0.3 is 0 Å². The second-order valence-corrected chi connectivity index (χ2v) is 8.65. The summed E-state index contributed by atoms with van der Waals surface area (Å²) in [5.41, 5.74) is 2.32. The van der Waals surface area contributed by atoms with Crippen molar-refractivity contribution in [2.24, 2.45) is 5.92 Å². The van der Waals surface area contributed by atoms with Crippen LogP contribution in [0.1, 0.15) is 12.0 Å². The number of carbonyl (C=O) groups excluding carboxylic acids is 3. The Morgan fingerprint density at radius 3 is 2.70 bits per heavy atom. The van der Waals surface area contributed by atoms with Gasteiger partial charge in [0.25, 0.3) is 0 Å². The Kier molecular flexibility index (Phi) is 7.09. The molecule has 8 nitrogen and oxygen atoms in total. The number of anilines is 2. The van der Waals surface area contributed by atoms with Crippen LogP contribution < -0.4 is 15.5 Å². The van der Waals surface area contributed by atoms with Gasteiger partial charge in [-0.25, -0.2) is 0 Å². The zero-order chi connectivity index (χ0) is 23.2. The van der Waals surface area contributed by atoms with Gasteiger partial charge in [-0.3, -0.25) is 19.1 Å². The molecular weight excluding hydrogens is 438 g/mol. The zero-order valence-corrected chi connectivity index (χ0v) is 19.0. The van der Waals surface area contributed by atoms with Gasteiger partial charge in [0.2, 0.25) is 17.7 Å². The van der Waals surface area contributed by atoms with Crippen LogP contribution in [0.5, 0.6) is 0 Å². The normalized spacial score (nSPS) is 15.5. The van der Waals surface area contributed by atoms with Crippen molar-refractivity contribution < 1.29 is 14.4 Å². The van der Waals surface area contributed by atoms with E-state index in [0.717, 1.165) is 16.1 Å². The summed E-state index contributed by atoms with van der Waals surface area (Å²) in [6.07, 6.45) is 5.54. The van der Waals surface area contributed by atoms with Crippen LogP contribution >= 0.6 is 11.8 Å². The van der Waals surface area contributed by atoms with Crippen molar-refractivity contribution >= 4 is 40.9 Å². The molecule has 2 heterocycles. The minimum Gasteiger partial charge on any atom is -0.352 e. The lowest BCUT2D eigenvalue weighted by Crippen LogP contribution is -2.32. The molecule has 2 aromatic carbocycles. The van der Waals surface area contributed by atoms with E-state index in [-0.39, 0.29) is 30.7 Å². The molecule has 1 aromatic heterocycles.